The van der Waals surface area contributed by atoms with E-state index in [1.165, 1.54) is 0 Å². The number of nitrogens with one attached hydrogen (secondary N) is 2. The van der Waals surface area contributed by atoms with E-state index in [0.29, 0.717) is 10.6 Å². The van der Waals surface area contributed by atoms with Crippen molar-refractivity contribution in [1.82, 2.24) is 4.72 Å². The van der Waals surface area contributed by atoms with Crippen molar-refractivity contribution in [3.63, 3.8) is 0 Å². The predicted molar refractivity (Wildman–Crippen MR) is 88.3 cm³/mol. The Kier molecular flexibility index (Phi) is 5.39. The summed E-state index contributed by atoms with van der Waals surface area (Å²) in [5.41, 5.74) is 0.644. The Labute approximate surface area is 130 Å². The van der Waals surface area contributed by atoms with Gasteiger partial charge in [-0.3, -0.25) is 0 Å². The molecule has 0 radical (unpaired) electrons. The van der Waals surface area contributed by atoms with E-state index < -0.39 is 10.0 Å². The zero-order valence-corrected chi connectivity index (χ0v) is 13.8. The summed E-state index contributed by atoms with van der Waals surface area (Å²) in [7, 11) is -3.55. The molecular weight excluding hydrogens is 304 g/mol. The van der Waals surface area contributed by atoms with E-state index in [-0.39, 0.29) is 6.04 Å². The summed E-state index contributed by atoms with van der Waals surface area (Å²) >= 11 is 1.54. The van der Waals surface area contributed by atoms with Crippen molar-refractivity contribution in [2.75, 3.05) is 11.9 Å². The minimum absolute atomic E-state index is 0.241. The summed E-state index contributed by atoms with van der Waals surface area (Å²) in [6.45, 7) is 4.64. The smallest absolute Gasteiger partial charge is 0.243 e. The number of hydrogen-bond acceptors (Lipinski definition) is 4. The number of rotatable bonds is 7. The van der Waals surface area contributed by atoms with Crippen LogP contribution >= 0.6 is 11.3 Å². The third kappa shape index (κ3) is 4.06. The molecule has 21 heavy (non-hydrogen) atoms. The van der Waals surface area contributed by atoms with Crippen LogP contribution in [0.4, 0.5) is 5.69 Å². The van der Waals surface area contributed by atoms with Crippen molar-refractivity contribution < 1.29 is 8.42 Å². The largest absolute Gasteiger partial charge is 0.384 e. The number of sulfonamides is 1. The van der Waals surface area contributed by atoms with Crippen LogP contribution in [0.15, 0.2) is 46.7 Å². The van der Waals surface area contributed by atoms with Crippen LogP contribution in [0.3, 0.4) is 0 Å². The first kappa shape index (κ1) is 16.0. The number of benzene rings is 1. The van der Waals surface area contributed by atoms with Crippen LogP contribution in [-0.4, -0.2) is 15.0 Å². The van der Waals surface area contributed by atoms with Crippen LogP contribution in [-0.2, 0) is 10.0 Å². The van der Waals surface area contributed by atoms with Crippen LogP contribution in [0, 0.1) is 0 Å². The fourth-order valence-electron chi connectivity index (χ4n) is 2.00. The molecule has 2 aromatic rings. The Balaban J connectivity index is 2.23. The van der Waals surface area contributed by atoms with Crippen LogP contribution in [0.1, 0.15) is 31.2 Å². The molecule has 2 rings (SSSR count). The first-order valence-electron chi connectivity index (χ1n) is 6.93. The molecular formula is C15H20N2O2S2. The van der Waals surface area contributed by atoms with Crippen molar-refractivity contribution in [3.05, 3.63) is 46.7 Å². The van der Waals surface area contributed by atoms with Gasteiger partial charge in [-0.05, 0) is 36.9 Å². The average molecular weight is 324 g/mol. The average Bonchev–Trinajstić information content (AvgIpc) is 2.99. The summed E-state index contributed by atoms with van der Waals surface area (Å²) in [6.07, 6.45) is 0.938. The van der Waals surface area contributed by atoms with E-state index in [1.807, 2.05) is 37.4 Å². The first-order valence-corrected chi connectivity index (χ1v) is 9.29. The highest BCUT2D eigenvalue weighted by molar-refractivity contribution is 7.89. The maximum Gasteiger partial charge on any atom is 0.243 e. The first-order chi connectivity index (χ1) is 10.0. The van der Waals surface area contributed by atoms with Gasteiger partial charge in [0.15, 0.2) is 0 Å². The van der Waals surface area contributed by atoms with E-state index in [1.54, 1.807) is 29.5 Å². The number of para-hydroxylation sites is 1. The van der Waals surface area contributed by atoms with Gasteiger partial charge < -0.3 is 5.32 Å². The van der Waals surface area contributed by atoms with Crippen LogP contribution < -0.4 is 10.0 Å². The van der Waals surface area contributed by atoms with E-state index in [9.17, 15) is 8.42 Å². The molecule has 1 atom stereocenters. The topological polar surface area (TPSA) is 58.2 Å². The second-order valence-electron chi connectivity index (χ2n) is 4.78. The number of thiophene rings is 1. The SMILES string of the molecule is CCCNc1ccccc1S(=O)(=O)NC(C)c1cccs1. The highest BCUT2D eigenvalue weighted by Gasteiger charge is 2.21. The van der Waals surface area contributed by atoms with Crippen molar-refractivity contribution in [2.24, 2.45) is 0 Å². The minimum Gasteiger partial charge on any atom is -0.384 e. The molecule has 0 spiro atoms. The van der Waals surface area contributed by atoms with E-state index in [0.717, 1.165) is 17.8 Å². The Morgan fingerprint density at radius 2 is 1.95 bits per heavy atom. The van der Waals surface area contributed by atoms with Crippen molar-refractivity contribution >= 4 is 27.0 Å². The van der Waals surface area contributed by atoms with Crippen molar-refractivity contribution in [2.45, 2.75) is 31.2 Å². The standard InChI is InChI=1S/C15H20N2O2S2/c1-3-10-16-13-7-4-5-9-15(13)21(18,19)17-12(2)14-8-6-11-20-14/h4-9,11-12,16-17H,3,10H2,1-2H3. The quantitative estimate of drug-likeness (QED) is 0.818. The molecule has 0 saturated carbocycles. The third-order valence-electron chi connectivity index (χ3n) is 3.04. The Hall–Kier alpha value is -1.37. The molecule has 0 aliphatic heterocycles. The second kappa shape index (κ2) is 7.06. The maximum atomic E-state index is 12.6. The second-order valence-corrected chi connectivity index (χ2v) is 7.44. The van der Waals surface area contributed by atoms with Crippen LogP contribution in [0.5, 0.6) is 0 Å². The summed E-state index contributed by atoms with van der Waals surface area (Å²) < 4.78 is 27.9. The lowest BCUT2D eigenvalue weighted by Gasteiger charge is -2.16. The molecule has 0 amide bonds. The van der Waals surface area contributed by atoms with Gasteiger partial charge in [0.05, 0.1) is 11.7 Å². The number of anilines is 1. The molecule has 2 N–H and O–H groups in total. The summed E-state index contributed by atoms with van der Waals surface area (Å²) in [4.78, 5) is 1.29. The molecule has 0 bridgehead atoms. The van der Waals surface area contributed by atoms with Gasteiger partial charge in [0, 0.05) is 11.4 Å². The molecule has 6 heteroatoms. The van der Waals surface area contributed by atoms with Gasteiger partial charge in [-0.15, -0.1) is 11.3 Å². The molecule has 4 nitrogen and oxygen atoms in total. The monoisotopic (exact) mass is 324 g/mol. The highest BCUT2D eigenvalue weighted by atomic mass is 32.2. The van der Waals surface area contributed by atoms with Gasteiger partial charge in [0.1, 0.15) is 4.90 Å². The van der Waals surface area contributed by atoms with Gasteiger partial charge in [-0.2, -0.15) is 0 Å². The van der Waals surface area contributed by atoms with Gasteiger partial charge in [0.25, 0.3) is 0 Å². The van der Waals surface area contributed by atoms with Gasteiger partial charge in [-0.1, -0.05) is 25.1 Å². The maximum absolute atomic E-state index is 12.6. The zero-order chi connectivity index (χ0) is 15.3. The summed E-state index contributed by atoms with van der Waals surface area (Å²) in [6, 6.07) is 10.6. The molecule has 0 fully saturated rings. The van der Waals surface area contributed by atoms with Gasteiger partial charge >= 0.3 is 0 Å². The normalized spacial score (nSPS) is 13.0. The molecule has 1 aromatic heterocycles. The minimum atomic E-state index is -3.55. The van der Waals surface area contributed by atoms with E-state index in [2.05, 4.69) is 10.0 Å². The van der Waals surface area contributed by atoms with Gasteiger partial charge in [0.2, 0.25) is 10.0 Å². The molecule has 1 unspecified atom stereocenters. The Morgan fingerprint density at radius 3 is 2.62 bits per heavy atom. The van der Waals surface area contributed by atoms with Crippen molar-refractivity contribution in [3.8, 4) is 0 Å². The summed E-state index contributed by atoms with van der Waals surface area (Å²) in [5, 5.41) is 5.10. The lowest BCUT2D eigenvalue weighted by atomic mass is 10.3. The number of hydrogen-bond donors (Lipinski definition) is 2. The molecule has 1 aromatic carbocycles. The Morgan fingerprint density at radius 1 is 1.19 bits per heavy atom. The van der Waals surface area contributed by atoms with E-state index in [4.69, 9.17) is 0 Å². The van der Waals surface area contributed by atoms with Crippen molar-refractivity contribution in [1.29, 1.82) is 0 Å². The predicted octanol–water partition coefficient (Wildman–Crippen LogP) is 3.61. The lowest BCUT2D eigenvalue weighted by Crippen LogP contribution is -2.27. The fourth-order valence-corrected chi connectivity index (χ4v) is 4.21. The lowest BCUT2D eigenvalue weighted by molar-refractivity contribution is 0.569. The molecule has 1 heterocycles. The molecule has 0 aliphatic rings. The molecule has 0 aliphatic carbocycles. The fraction of sp³-hybridized carbons (Fsp3) is 0.333. The Bertz CT molecular complexity index is 667. The summed E-state index contributed by atoms with van der Waals surface area (Å²) in [5.74, 6) is 0. The van der Waals surface area contributed by atoms with Gasteiger partial charge in [-0.25, -0.2) is 13.1 Å². The third-order valence-corrected chi connectivity index (χ3v) is 5.70. The van der Waals surface area contributed by atoms with Crippen LogP contribution in [0.2, 0.25) is 0 Å². The molecule has 0 saturated heterocycles. The highest BCUT2D eigenvalue weighted by Crippen LogP contribution is 2.24. The molecule has 114 valence electrons. The van der Waals surface area contributed by atoms with Crippen LogP contribution in [0.25, 0.3) is 0 Å². The van der Waals surface area contributed by atoms with E-state index >= 15 is 0 Å². The zero-order valence-electron chi connectivity index (χ0n) is 12.2.